The van der Waals surface area contributed by atoms with Gasteiger partial charge in [-0.2, -0.15) is 0 Å². The number of fused-ring (bicyclic) bond motifs is 1. The van der Waals surface area contributed by atoms with Crippen LogP contribution in [0.2, 0.25) is 10.0 Å². The van der Waals surface area contributed by atoms with Crippen molar-refractivity contribution in [3.63, 3.8) is 0 Å². The zero-order valence-corrected chi connectivity index (χ0v) is 17.1. The Morgan fingerprint density at radius 2 is 2.04 bits per heavy atom. The number of aromatic nitrogens is 4. The predicted octanol–water partition coefficient (Wildman–Crippen LogP) is 4.13. The number of esters is 1. The number of aryl methyl sites for hydroxylation is 1. The van der Waals surface area contributed by atoms with Crippen LogP contribution in [0.3, 0.4) is 0 Å². The Bertz CT molecular complexity index is 1040. The molecule has 0 amide bonds. The maximum Gasteiger partial charge on any atom is 0.340 e. The number of ketones is 1. The summed E-state index contributed by atoms with van der Waals surface area (Å²) in [5.41, 5.74) is 2.43. The topological polar surface area (TPSA) is 89.4 Å². The Labute approximate surface area is 169 Å². The van der Waals surface area contributed by atoms with Gasteiger partial charge in [-0.3, -0.25) is 9.20 Å². The third kappa shape index (κ3) is 3.83. The van der Waals surface area contributed by atoms with Crippen LogP contribution in [0.5, 0.6) is 0 Å². The van der Waals surface area contributed by atoms with Crippen molar-refractivity contribution in [1.29, 1.82) is 0 Å². The molecule has 142 valence electrons. The summed E-state index contributed by atoms with van der Waals surface area (Å²) >= 11 is 13.3. The van der Waals surface area contributed by atoms with Crippen molar-refractivity contribution in [3.8, 4) is 0 Å². The maximum absolute atomic E-state index is 12.7. The van der Waals surface area contributed by atoms with E-state index in [0.29, 0.717) is 43.4 Å². The normalized spacial score (nSPS) is 11.1. The molecule has 3 aromatic heterocycles. The minimum absolute atomic E-state index is 0.105. The number of carbonyl (C=O) groups is 2. The highest BCUT2D eigenvalue weighted by atomic mass is 35.5. The van der Waals surface area contributed by atoms with Crippen LogP contribution < -0.4 is 0 Å². The molecular weight excluding hydrogens is 411 g/mol. The number of carbonyl (C=O) groups excluding carboxylic acids is 2. The lowest BCUT2D eigenvalue weighted by Gasteiger charge is -2.03. The summed E-state index contributed by atoms with van der Waals surface area (Å²) in [7, 11) is 0. The molecule has 3 rings (SSSR count). The Kier molecular flexibility index (Phi) is 5.78. The van der Waals surface area contributed by atoms with Gasteiger partial charge in [-0.1, -0.05) is 35.0 Å². The standard InChI is InChI=1S/C17H16Cl2N4O3S/c1-4-26-16(25)13-8(2)14(20-9(13)3)12(24)7-27-17-22-21-15-11(19)5-10(18)6-23(15)17/h5-6,20H,4,7H2,1-3H3. The average molecular weight is 427 g/mol. The van der Waals surface area contributed by atoms with Gasteiger partial charge in [0.1, 0.15) is 0 Å². The molecule has 27 heavy (non-hydrogen) atoms. The quantitative estimate of drug-likeness (QED) is 0.362. The number of hydrogen-bond donors (Lipinski definition) is 1. The zero-order valence-electron chi connectivity index (χ0n) is 14.8. The minimum atomic E-state index is -0.441. The second-order valence-corrected chi connectivity index (χ2v) is 7.53. The average Bonchev–Trinajstić information content (AvgIpc) is 3.13. The molecule has 0 aliphatic heterocycles. The molecule has 0 aliphatic carbocycles. The molecule has 1 N–H and O–H groups in total. The number of rotatable bonds is 6. The maximum atomic E-state index is 12.7. The molecule has 0 radical (unpaired) electrons. The SMILES string of the molecule is CCOC(=O)c1c(C)[nH]c(C(=O)CSc2nnc3c(Cl)cc(Cl)cn23)c1C. The fraction of sp³-hybridized carbons (Fsp3) is 0.294. The second kappa shape index (κ2) is 7.92. The third-order valence-electron chi connectivity index (χ3n) is 3.92. The molecule has 3 aromatic rings. The summed E-state index contributed by atoms with van der Waals surface area (Å²) < 4.78 is 6.69. The fourth-order valence-electron chi connectivity index (χ4n) is 2.74. The van der Waals surface area contributed by atoms with Crippen molar-refractivity contribution in [2.75, 3.05) is 12.4 Å². The molecule has 0 aromatic carbocycles. The summed E-state index contributed by atoms with van der Waals surface area (Å²) in [6.45, 7) is 5.46. The number of ether oxygens (including phenoxy) is 1. The van der Waals surface area contributed by atoms with E-state index < -0.39 is 5.97 Å². The largest absolute Gasteiger partial charge is 0.462 e. The third-order valence-corrected chi connectivity index (χ3v) is 5.35. The Morgan fingerprint density at radius 3 is 2.74 bits per heavy atom. The first-order valence-electron chi connectivity index (χ1n) is 8.05. The lowest BCUT2D eigenvalue weighted by molar-refractivity contribution is 0.0525. The molecular formula is C17H16Cl2N4O3S. The second-order valence-electron chi connectivity index (χ2n) is 5.74. The van der Waals surface area contributed by atoms with Gasteiger partial charge in [-0.25, -0.2) is 4.79 Å². The number of pyridine rings is 1. The van der Waals surface area contributed by atoms with E-state index in [4.69, 9.17) is 27.9 Å². The highest BCUT2D eigenvalue weighted by Gasteiger charge is 2.23. The molecule has 0 saturated heterocycles. The summed E-state index contributed by atoms with van der Waals surface area (Å²) in [5, 5.41) is 9.38. The van der Waals surface area contributed by atoms with Crippen molar-refractivity contribution in [1.82, 2.24) is 19.6 Å². The Hall–Kier alpha value is -2.03. The van der Waals surface area contributed by atoms with Gasteiger partial charge in [-0.15, -0.1) is 10.2 Å². The van der Waals surface area contributed by atoms with Gasteiger partial charge in [0, 0.05) is 11.9 Å². The minimum Gasteiger partial charge on any atom is -0.462 e. The van der Waals surface area contributed by atoms with Crippen molar-refractivity contribution in [2.24, 2.45) is 0 Å². The van der Waals surface area contributed by atoms with Crippen molar-refractivity contribution >= 4 is 52.4 Å². The van der Waals surface area contributed by atoms with Crippen LogP contribution >= 0.6 is 35.0 Å². The highest BCUT2D eigenvalue weighted by Crippen LogP contribution is 2.26. The van der Waals surface area contributed by atoms with E-state index in [2.05, 4.69) is 15.2 Å². The summed E-state index contributed by atoms with van der Waals surface area (Å²) in [6, 6.07) is 1.58. The van der Waals surface area contributed by atoms with Crippen LogP contribution in [0, 0.1) is 13.8 Å². The predicted molar refractivity (Wildman–Crippen MR) is 104 cm³/mol. The van der Waals surface area contributed by atoms with Gasteiger partial charge in [0.15, 0.2) is 16.6 Å². The Balaban J connectivity index is 1.81. The van der Waals surface area contributed by atoms with Crippen LogP contribution in [0.15, 0.2) is 17.4 Å². The van der Waals surface area contributed by atoms with E-state index in [1.165, 1.54) is 11.8 Å². The first kappa shape index (κ1) is 19.7. The monoisotopic (exact) mass is 426 g/mol. The summed E-state index contributed by atoms with van der Waals surface area (Å²) in [4.78, 5) is 27.7. The molecule has 0 saturated carbocycles. The smallest absolute Gasteiger partial charge is 0.340 e. The lowest BCUT2D eigenvalue weighted by atomic mass is 10.1. The van der Waals surface area contributed by atoms with Gasteiger partial charge in [-0.05, 0) is 32.4 Å². The van der Waals surface area contributed by atoms with Gasteiger partial charge in [0.25, 0.3) is 0 Å². The van der Waals surface area contributed by atoms with E-state index in [-0.39, 0.29) is 18.1 Å². The molecule has 3 heterocycles. The Morgan fingerprint density at radius 1 is 1.30 bits per heavy atom. The first-order valence-corrected chi connectivity index (χ1v) is 9.79. The molecule has 0 fully saturated rings. The molecule has 0 unspecified atom stereocenters. The van der Waals surface area contributed by atoms with Crippen LogP contribution in [0.25, 0.3) is 5.65 Å². The number of aromatic amines is 1. The van der Waals surface area contributed by atoms with E-state index in [1.54, 1.807) is 37.4 Å². The van der Waals surface area contributed by atoms with Crippen LogP contribution in [0.4, 0.5) is 0 Å². The summed E-state index contributed by atoms with van der Waals surface area (Å²) in [6.07, 6.45) is 1.64. The highest BCUT2D eigenvalue weighted by molar-refractivity contribution is 7.99. The zero-order chi connectivity index (χ0) is 19.7. The molecule has 0 bridgehead atoms. The van der Waals surface area contributed by atoms with Crippen molar-refractivity contribution in [3.05, 3.63) is 44.8 Å². The van der Waals surface area contributed by atoms with E-state index in [0.717, 1.165) is 0 Å². The van der Waals surface area contributed by atoms with Crippen LogP contribution in [-0.4, -0.2) is 43.7 Å². The first-order chi connectivity index (χ1) is 12.8. The van der Waals surface area contributed by atoms with E-state index >= 15 is 0 Å². The number of H-pyrrole nitrogens is 1. The molecule has 10 heteroatoms. The lowest BCUT2D eigenvalue weighted by Crippen LogP contribution is -2.08. The number of halogens is 2. The van der Waals surface area contributed by atoms with Gasteiger partial charge in [0.05, 0.1) is 33.7 Å². The van der Waals surface area contributed by atoms with E-state index in [9.17, 15) is 9.59 Å². The van der Waals surface area contributed by atoms with Gasteiger partial charge < -0.3 is 9.72 Å². The number of hydrogen-bond acceptors (Lipinski definition) is 6. The molecule has 0 atom stereocenters. The number of Topliss-reactive ketones (excluding diaryl/α,β-unsaturated/α-hetero) is 1. The molecule has 0 spiro atoms. The molecule has 7 nitrogen and oxygen atoms in total. The van der Waals surface area contributed by atoms with Gasteiger partial charge in [0.2, 0.25) is 0 Å². The van der Waals surface area contributed by atoms with Gasteiger partial charge >= 0.3 is 5.97 Å². The summed E-state index contributed by atoms with van der Waals surface area (Å²) in [5.74, 6) is -0.502. The van der Waals surface area contributed by atoms with Crippen LogP contribution in [0.1, 0.15) is 39.0 Å². The van der Waals surface area contributed by atoms with E-state index in [1.807, 2.05) is 0 Å². The number of thioether (sulfide) groups is 1. The number of nitrogens with zero attached hydrogens (tertiary/aromatic N) is 3. The van der Waals surface area contributed by atoms with Crippen molar-refractivity contribution < 1.29 is 14.3 Å². The molecule has 0 aliphatic rings. The number of nitrogens with one attached hydrogen (secondary N) is 1. The fourth-order valence-corrected chi connectivity index (χ4v) is 4.03. The van der Waals surface area contributed by atoms with Crippen LogP contribution in [-0.2, 0) is 4.74 Å². The van der Waals surface area contributed by atoms with Crippen molar-refractivity contribution in [2.45, 2.75) is 25.9 Å².